The predicted molar refractivity (Wildman–Crippen MR) is 106 cm³/mol. The fourth-order valence-corrected chi connectivity index (χ4v) is 3.28. The lowest BCUT2D eigenvalue weighted by molar-refractivity contribution is -0.159. The molecular formula is C22H24N2O5. The molecule has 3 amide bonds. The van der Waals surface area contributed by atoms with Crippen LogP contribution in [0.2, 0.25) is 0 Å². The number of imide groups is 1. The van der Waals surface area contributed by atoms with E-state index in [9.17, 15) is 14.4 Å². The minimum absolute atomic E-state index is 0.311. The lowest BCUT2D eigenvalue weighted by Gasteiger charge is -2.28. The lowest BCUT2D eigenvalue weighted by Crippen LogP contribution is -2.45. The zero-order valence-corrected chi connectivity index (χ0v) is 16.5. The predicted octanol–water partition coefficient (Wildman–Crippen LogP) is 2.54. The molecule has 1 aliphatic rings. The molecule has 0 aliphatic carbocycles. The molecule has 1 heterocycles. The molecule has 0 saturated carbocycles. The van der Waals surface area contributed by atoms with Crippen LogP contribution in [0.5, 0.6) is 0 Å². The number of hydrogen-bond acceptors (Lipinski definition) is 5. The molecule has 0 bridgehead atoms. The van der Waals surface area contributed by atoms with Gasteiger partial charge in [0.15, 0.2) is 6.29 Å². The van der Waals surface area contributed by atoms with Crippen LogP contribution in [0.25, 0.3) is 0 Å². The maximum Gasteiger partial charge on any atom is 0.262 e. The summed E-state index contributed by atoms with van der Waals surface area (Å²) in [6.45, 7) is 4.12. The van der Waals surface area contributed by atoms with E-state index < -0.39 is 30.1 Å². The van der Waals surface area contributed by atoms with Crippen molar-refractivity contribution in [1.82, 2.24) is 10.2 Å². The van der Waals surface area contributed by atoms with Crippen LogP contribution in [0.4, 0.5) is 0 Å². The molecule has 0 aromatic heterocycles. The highest BCUT2D eigenvalue weighted by Crippen LogP contribution is 2.23. The molecule has 3 rings (SSSR count). The summed E-state index contributed by atoms with van der Waals surface area (Å²) in [5, 5.41) is 2.86. The van der Waals surface area contributed by atoms with Crippen molar-refractivity contribution in [2.75, 3.05) is 19.8 Å². The van der Waals surface area contributed by atoms with E-state index in [1.165, 1.54) is 0 Å². The number of ether oxygens (including phenoxy) is 2. The molecule has 7 heteroatoms. The van der Waals surface area contributed by atoms with E-state index in [0.717, 1.165) is 10.5 Å². The molecule has 1 atom stereocenters. The summed E-state index contributed by atoms with van der Waals surface area (Å²) in [4.78, 5) is 38.8. The second-order valence-electron chi connectivity index (χ2n) is 6.48. The van der Waals surface area contributed by atoms with E-state index in [-0.39, 0.29) is 6.54 Å². The molecule has 2 aromatic rings. The van der Waals surface area contributed by atoms with Crippen LogP contribution in [-0.4, -0.2) is 48.7 Å². The van der Waals surface area contributed by atoms with Gasteiger partial charge in [-0.05, 0) is 31.5 Å². The fraction of sp³-hybridized carbons (Fsp3) is 0.318. The van der Waals surface area contributed by atoms with E-state index in [0.29, 0.717) is 24.3 Å². The Morgan fingerprint density at radius 3 is 1.93 bits per heavy atom. The van der Waals surface area contributed by atoms with Gasteiger partial charge in [-0.15, -0.1) is 0 Å². The van der Waals surface area contributed by atoms with Crippen molar-refractivity contribution in [2.24, 2.45) is 0 Å². The molecule has 29 heavy (non-hydrogen) atoms. The van der Waals surface area contributed by atoms with Crippen LogP contribution in [0, 0.1) is 0 Å². The van der Waals surface area contributed by atoms with Crippen molar-refractivity contribution in [3.05, 3.63) is 71.3 Å². The number of rotatable bonds is 9. The maximum absolute atomic E-state index is 12.8. The monoisotopic (exact) mass is 396 g/mol. The number of amides is 3. The van der Waals surface area contributed by atoms with Gasteiger partial charge in [0.2, 0.25) is 5.91 Å². The van der Waals surface area contributed by atoms with Crippen molar-refractivity contribution in [3.63, 3.8) is 0 Å². The Balaban J connectivity index is 1.77. The van der Waals surface area contributed by atoms with Crippen molar-refractivity contribution in [2.45, 2.75) is 26.2 Å². The van der Waals surface area contributed by atoms with Gasteiger partial charge in [-0.1, -0.05) is 42.5 Å². The minimum Gasteiger partial charge on any atom is -0.350 e. The maximum atomic E-state index is 12.8. The normalized spacial score (nSPS) is 14.2. The molecule has 152 valence electrons. The van der Waals surface area contributed by atoms with Gasteiger partial charge in [-0.25, -0.2) is 0 Å². The van der Waals surface area contributed by atoms with Gasteiger partial charge in [-0.2, -0.15) is 0 Å². The highest BCUT2D eigenvalue weighted by molar-refractivity contribution is 6.22. The largest absolute Gasteiger partial charge is 0.350 e. The van der Waals surface area contributed by atoms with Crippen LogP contribution in [0.3, 0.4) is 0 Å². The zero-order valence-electron chi connectivity index (χ0n) is 16.5. The number of fused-ring (bicyclic) bond motifs is 1. The number of nitrogens with one attached hydrogen (secondary N) is 1. The van der Waals surface area contributed by atoms with E-state index in [1.54, 1.807) is 24.3 Å². The summed E-state index contributed by atoms with van der Waals surface area (Å²) < 4.78 is 11.4. The Bertz CT molecular complexity index is 843. The summed E-state index contributed by atoms with van der Waals surface area (Å²) in [6, 6.07) is 15.3. The van der Waals surface area contributed by atoms with E-state index in [1.807, 2.05) is 44.2 Å². The molecule has 0 spiro atoms. The summed E-state index contributed by atoms with van der Waals surface area (Å²) >= 11 is 0. The number of nitrogens with zero attached hydrogens (tertiary/aromatic N) is 1. The first-order valence-corrected chi connectivity index (χ1v) is 9.59. The fourth-order valence-electron chi connectivity index (χ4n) is 3.28. The third kappa shape index (κ3) is 4.52. The second-order valence-corrected chi connectivity index (χ2v) is 6.48. The van der Waals surface area contributed by atoms with Gasteiger partial charge >= 0.3 is 0 Å². The molecule has 1 aliphatic heterocycles. The van der Waals surface area contributed by atoms with Crippen molar-refractivity contribution in [1.29, 1.82) is 0 Å². The second kappa shape index (κ2) is 9.45. The van der Waals surface area contributed by atoms with E-state index >= 15 is 0 Å². The average molecular weight is 396 g/mol. The van der Waals surface area contributed by atoms with Gasteiger partial charge in [0.25, 0.3) is 11.8 Å². The molecule has 7 nitrogen and oxygen atoms in total. The van der Waals surface area contributed by atoms with Crippen molar-refractivity contribution >= 4 is 17.7 Å². The van der Waals surface area contributed by atoms with Gasteiger partial charge in [-0.3, -0.25) is 19.3 Å². The number of hydrogen-bond donors (Lipinski definition) is 1. The summed E-state index contributed by atoms with van der Waals surface area (Å²) in [5.74, 6) is -1.41. The highest BCUT2D eigenvalue weighted by Gasteiger charge is 2.37. The van der Waals surface area contributed by atoms with Gasteiger partial charge in [0, 0.05) is 13.2 Å². The molecule has 0 radical (unpaired) electrons. The number of carbonyl (C=O) groups excluding carboxylic acids is 3. The topological polar surface area (TPSA) is 84.9 Å². The number of benzene rings is 2. The van der Waals surface area contributed by atoms with E-state index in [4.69, 9.17) is 9.47 Å². The quantitative estimate of drug-likeness (QED) is 0.520. The molecule has 1 unspecified atom stereocenters. The van der Waals surface area contributed by atoms with Crippen LogP contribution in [0.15, 0.2) is 54.6 Å². The first kappa shape index (κ1) is 20.7. The van der Waals surface area contributed by atoms with Crippen molar-refractivity contribution in [3.8, 4) is 0 Å². The molecule has 2 aromatic carbocycles. The molecule has 0 saturated heterocycles. The third-order valence-electron chi connectivity index (χ3n) is 4.59. The smallest absolute Gasteiger partial charge is 0.262 e. The van der Waals surface area contributed by atoms with Crippen LogP contribution >= 0.6 is 0 Å². The standard InChI is InChI=1S/C22H24N2O5/c1-3-28-22(29-4-2)19(15-10-6-5-7-11-15)23-18(25)14-24-20(26)16-12-8-9-13-17(16)21(24)27/h5-13,19,22H,3-4,14H2,1-2H3,(H,23,25). The molecule has 1 N–H and O–H groups in total. The highest BCUT2D eigenvalue weighted by atomic mass is 16.7. The molecular weight excluding hydrogens is 372 g/mol. The lowest BCUT2D eigenvalue weighted by atomic mass is 10.1. The summed E-state index contributed by atoms with van der Waals surface area (Å²) in [5.41, 5.74) is 1.42. The molecule has 0 fully saturated rings. The van der Waals surface area contributed by atoms with Gasteiger partial charge in [0.1, 0.15) is 12.6 Å². The summed E-state index contributed by atoms with van der Waals surface area (Å²) in [6.07, 6.45) is -0.696. The Kier molecular flexibility index (Phi) is 6.74. The third-order valence-corrected chi connectivity index (χ3v) is 4.59. The van der Waals surface area contributed by atoms with Crippen LogP contribution in [0.1, 0.15) is 46.2 Å². The Hall–Kier alpha value is -3.03. The van der Waals surface area contributed by atoms with Crippen LogP contribution < -0.4 is 5.32 Å². The Labute approximate surface area is 169 Å². The minimum atomic E-state index is -0.696. The van der Waals surface area contributed by atoms with Gasteiger partial charge in [0.05, 0.1) is 11.1 Å². The average Bonchev–Trinajstić information content (AvgIpc) is 2.98. The number of carbonyl (C=O) groups is 3. The van der Waals surface area contributed by atoms with E-state index in [2.05, 4.69) is 5.32 Å². The Morgan fingerprint density at radius 1 is 0.897 bits per heavy atom. The van der Waals surface area contributed by atoms with Crippen molar-refractivity contribution < 1.29 is 23.9 Å². The van der Waals surface area contributed by atoms with Gasteiger partial charge < -0.3 is 14.8 Å². The van der Waals surface area contributed by atoms with Crippen LogP contribution in [-0.2, 0) is 14.3 Å². The SMILES string of the molecule is CCOC(OCC)C(NC(=O)CN1C(=O)c2ccccc2C1=O)c1ccccc1. The Morgan fingerprint density at radius 2 is 1.41 bits per heavy atom. The summed E-state index contributed by atoms with van der Waals surface area (Å²) in [7, 11) is 0. The zero-order chi connectivity index (χ0) is 20.8. The first-order valence-electron chi connectivity index (χ1n) is 9.59. The first-order chi connectivity index (χ1) is 14.1.